The molecule has 4 aromatic rings. The number of hydrogen-bond acceptors (Lipinski definition) is 11. The van der Waals surface area contributed by atoms with Gasteiger partial charge in [-0.15, -0.1) is 11.3 Å². The lowest BCUT2D eigenvalue weighted by molar-refractivity contribution is -0.140. The molecule has 61 heavy (non-hydrogen) atoms. The minimum absolute atomic E-state index is 0.0385. The van der Waals surface area contributed by atoms with Gasteiger partial charge in [0.25, 0.3) is 5.91 Å². The van der Waals surface area contributed by atoms with Crippen LogP contribution in [0, 0.1) is 18.7 Å². The number of thiazole rings is 1. The Labute approximate surface area is 359 Å². The molecule has 0 radical (unpaired) electrons. The number of allylic oxidation sites excluding steroid dienone is 1. The number of carbonyl (C=O) groups excluding carboxylic acids is 3. The third-order valence-electron chi connectivity index (χ3n) is 12.7. The van der Waals surface area contributed by atoms with E-state index in [-0.39, 0.29) is 31.2 Å². The fraction of sp³-hybridized carbons (Fsp3) is 0.489. The summed E-state index contributed by atoms with van der Waals surface area (Å²) >= 11 is 1.49. The van der Waals surface area contributed by atoms with Crippen LogP contribution in [-0.4, -0.2) is 83.1 Å². The van der Waals surface area contributed by atoms with Gasteiger partial charge >= 0.3 is 0 Å². The molecule has 3 amide bonds. The number of ether oxygens (including phenoxy) is 2. The van der Waals surface area contributed by atoms with Crippen molar-refractivity contribution in [2.24, 2.45) is 5.92 Å². The Balaban J connectivity index is 1.15. The van der Waals surface area contributed by atoms with Gasteiger partial charge in [0.1, 0.15) is 51.7 Å². The molecule has 5 atom stereocenters. The zero-order chi connectivity index (χ0) is 43.3. The predicted molar refractivity (Wildman–Crippen MR) is 232 cm³/mol. The Bertz CT molecular complexity index is 2490. The summed E-state index contributed by atoms with van der Waals surface area (Å²) < 4.78 is 54.3. The molecule has 3 fully saturated rings. The maximum Gasteiger partial charge on any atom is 0.259 e. The normalized spacial score (nSPS) is 25.2. The molecule has 2 aromatic heterocycles. The highest BCUT2D eigenvalue weighted by Crippen LogP contribution is 2.48. The van der Waals surface area contributed by atoms with Crippen LogP contribution in [0.5, 0.6) is 11.5 Å². The van der Waals surface area contributed by atoms with E-state index >= 15 is 0 Å². The Morgan fingerprint density at radius 2 is 1.84 bits per heavy atom. The average Bonchev–Trinajstić information content (AvgIpc) is 4.00. The number of hydrogen-bond donors (Lipinski definition) is 3. The van der Waals surface area contributed by atoms with Crippen molar-refractivity contribution in [3.63, 3.8) is 0 Å². The van der Waals surface area contributed by atoms with Crippen LogP contribution in [-0.2, 0) is 24.4 Å². The van der Waals surface area contributed by atoms with Crippen LogP contribution < -0.4 is 24.8 Å². The molecule has 2 aliphatic heterocycles. The van der Waals surface area contributed by atoms with Gasteiger partial charge in [0.05, 0.1) is 29.6 Å². The second kappa shape index (κ2) is 16.6. The summed E-state index contributed by atoms with van der Waals surface area (Å²) in [7, 11) is -2.40. The fourth-order valence-corrected chi connectivity index (χ4v) is 10.6. The smallest absolute Gasteiger partial charge is 0.259 e. The number of methoxy groups -OCH3 is 1. The third kappa shape index (κ3) is 8.57. The summed E-state index contributed by atoms with van der Waals surface area (Å²) in [6, 6.07) is 9.52. The second-order valence-electron chi connectivity index (χ2n) is 17.4. The third-order valence-corrected chi connectivity index (χ3v) is 15.7. The van der Waals surface area contributed by atoms with Crippen molar-refractivity contribution in [1.29, 1.82) is 0 Å². The topological polar surface area (TPSA) is 169 Å². The second-order valence-corrected chi connectivity index (χ2v) is 20.5. The molecule has 0 spiro atoms. The Morgan fingerprint density at radius 1 is 1.07 bits per heavy atom. The number of amides is 3. The van der Waals surface area contributed by atoms with Crippen molar-refractivity contribution in [3.05, 3.63) is 77.1 Å². The summed E-state index contributed by atoms with van der Waals surface area (Å²) in [5.74, 6) is -1.18. The number of aryl methyl sites for hydroxylation is 1. The zero-order valence-electron chi connectivity index (χ0n) is 35.1. The molecule has 1 saturated heterocycles. The number of fused-ring (bicyclic) bond motifs is 3. The van der Waals surface area contributed by atoms with Crippen molar-refractivity contribution < 1.29 is 36.7 Å². The number of rotatable bonds is 10. The molecule has 2 aromatic carbocycles. The van der Waals surface area contributed by atoms with Gasteiger partial charge in [-0.25, -0.2) is 22.8 Å². The van der Waals surface area contributed by atoms with E-state index in [0.717, 1.165) is 35.5 Å². The molecule has 324 valence electrons. The highest BCUT2D eigenvalue weighted by Gasteiger charge is 2.63. The molecule has 0 bridgehead atoms. The number of anilines is 1. The highest BCUT2D eigenvalue weighted by molar-refractivity contribution is 7.91. The molecule has 16 heteroatoms. The molecule has 8 rings (SSSR count). The van der Waals surface area contributed by atoms with Crippen LogP contribution in [0.2, 0.25) is 0 Å². The lowest BCUT2D eigenvalue weighted by atomic mass is 10.0. The van der Waals surface area contributed by atoms with Crippen LogP contribution >= 0.6 is 11.3 Å². The van der Waals surface area contributed by atoms with Gasteiger partial charge < -0.3 is 25.0 Å². The van der Waals surface area contributed by atoms with Gasteiger partial charge in [-0.2, -0.15) is 0 Å². The van der Waals surface area contributed by atoms with Crippen molar-refractivity contribution in [3.8, 4) is 22.2 Å². The SMILES string of the molecule is COc1ccc2c(O[C@@H]3C[C@H]4C(=O)N[C@]5(C(=O)NS(=O)(=O)C6(C)CC6)C[C@H]5C=CCCCCC[C@H](Nc5ccc(F)cc5)C(=O)N4C3)cc(-c3nc(C(C)C)cs3)nc2c1C. The van der Waals surface area contributed by atoms with Crippen LogP contribution in [0.4, 0.5) is 10.1 Å². The summed E-state index contributed by atoms with van der Waals surface area (Å²) in [5, 5.41) is 9.72. The molecule has 2 aliphatic carbocycles. The van der Waals surface area contributed by atoms with E-state index in [2.05, 4.69) is 29.2 Å². The first-order chi connectivity index (χ1) is 29.1. The van der Waals surface area contributed by atoms with Crippen molar-refractivity contribution in [2.45, 2.75) is 120 Å². The Kier molecular flexibility index (Phi) is 11.6. The number of carbonyl (C=O) groups is 3. The maximum atomic E-state index is 14.9. The van der Waals surface area contributed by atoms with Crippen LogP contribution in [0.15, 0.2) is 60.0 Å². The molecule has 0 unspecified atom stereocenters. The highest BCUT2D eigenvalue weighted by atomic mass is 32.2. The number of benzene rings is 2. The minimum Gasteiger partial charge on any atom is -0.496 e. The van der Waals surface area contributed by atoms with Gasteiger partial charge in [-0.05, 0) is 94.7 Å². The molecular formula is C45H53FN6O7S2. The van der Waals surface area contributed by atoms with E-state index in [1.807, 2.05) is 42.7 Å². The number of nitrogens with zero attached hydrogens (tertiary/aromatic N) is 3. The van der Waals surface area contributed by atoms with E-state index in [1.54, 1.807) is 26.2 Å². The maximum absolute atomic E-state index is 14.9. The van der Waals surface area contributed by atoms with Gasteiger partial charge in [-0.1, -0.05) is 38.8 Å². The van der Waals surface area contributed by atoms with E-state index in [1.165, 1.54) is 28.4 Å². The number of sulfonamides is 1. The number of halogens is 1. The van der Waals surface area contributed by atoms with E-state index in [4.69, 9.17) is 19.4 Å². The summed E-state index contributed by atoms with van der Waals surface area (Å²) in [6.45, 7) is 7.72. The number of nitrogens with one attached hydrogen (secondary N) is 3. The quantitative estimate of drug-likeness (QED) is 0.139. The van der Waals surface area contributed by atoms with Crippen LogP contribution in [0.25, 0.3) is 21.6 Å². The standard InChI is InChI=1S/C45H53FN6O7S2/c1-26(2)35-25-60-41(49-35)34-22-38(32-17-18-37(58-5)27(3)39(32)48-34)59-31-21-36-40(53)50-45(43(55)51-61(56,57)44(4)19-20-44)23-28(45)11-9-7-6-8-10-12-33(42(54)52(36)24-31)47-30-15-13-29(46)14-16-30/h9,11,13-18,22,25-26,28,31,33,36,47H,6-8,10,12,19-21,23-24H2,1-5H3,(H,50,53)(H,51,55)/t28-,31-,33+,36+,45-/m1/s1. The first-order valence-corrected chi connectivity index (χ1v) is 23.5. The van der Waals surface area contributed by atoms with Gasteiger partial charge in [0.15, 0.2) is 0 Å². The van der Waals surface area contributed by atoms with E-state index < -0.39 is 62.0 Å². The van der Waals surface area contributed by atoms with Gasteiger partial charge in [-0.3, -0.25) is 19.1 Å². The van der Waals surface area contributed by atoms with Gasteiger partial charge in [0, 0.05) is 40.4 Å². The van der Waals surface area contributed by atoms with E-state index in [9.17, 15) is 27.2 Å². The number of aromatic nitrogens is 2. The van der Waals surface area contributed by atoms with Crippen molar-refractivity contribution in [1.82, 2.24) is 24.9 Å². The molecule has 4 aliphatic rings. The first-order valence-electron chi connectivity index (χ1n) is 21.1. The predicted octanol–water partition coefficient (Wildman–Crippen LogP) is 7.16. The first kappa shape index (κ1) is 42.6. The van der Waals surface area contributed by atoms with Crippen molar-refractivity contribution >= 4 is 55.7 Å². The van der Waals surface area contributed by atoms with Crippen LogP contribution in [0.3, 0.4) is 0 Å². The summed E-state index contributed by atoms with van der Waals surface area (Å²) in [5.41, 5.74) is 2.07. The lowest BCUT2D eigenvalue weighted by Crippen LogP contribution is -2.58. The average molecular weight is 873 g/mol. The largest absolute Gasteiger partial charge is 0.496 e. The van der Waals surface area contributed by atoms with E-state index in [0.29, 0.717) is 59.5 Å². The summed E-state index contributed by atoms with van der Waals surface area (Å²) in [4.78, 5) is 55.0. The molecule has 4 heterocycles. The van der Waals surface area contributed by atoms with Crippen molar-refractivity contribution in [2.75, 3.05) is 19.0 Å². The number of pyridine rings is 1. The summed E-state index contributed by atoms with van der Waals surface area (Å²) in [6.07, 6.45) is 7.89. The van der Waals surface area contributed by atoms with Crippen LogP contribution in [0.1, 0.15) is 95.7 Å². The Hall–Kier alpha value is -5.09. The molecule has 2 saturated carbocycles. The fourth-order valence-electron chi connectivity index (χ4n) is 8.35. The zero-order valence-corrected chi connectivity index (χ0v) is 36.8. The Morgan fingerprint density at radius 3 is 2.54 bits per heavy atom. The van der Waals surface area contributed by atoms with Gasteiger partial charge in [0.2, 0.25) is 21.8 Å². The molecular weight excluding hydrogens is 820 g/mol. The molecule has 3 N–H and O–H groups in total. The minimum atomic E-state index is -4.00. The lowest BCUT2D eigenvalue weighted by Gasteiger charge is -2.30. The molecule has 13 nitrogen and oxygen atoms in total. The monoisotopic (exact) mass is 872 g/mol.